The summed E-state index contributed by atoms with van der Waals surface area (Å²) in [6.45, 7) is 8.74. The highest BCUT2D eigenvalue weighted by Gasteiger charge is 2.06. The first-order valence-electron chi connectivity index (χ1n) is 7.12. The Balaban J connectivity index is 2.50. The monoisotopic (exact) mass is 237 g/mol. The molecule has 0 aliphatic rings. The highest BCUT2D eigenvalue weighted by Crippen LogP contribution is 2.15. The molecule has 98 valence electrons. The van der Waals surface area contributed by atoms with E-state index in [4.69, 9.17) is 0 Å². The largest absolute Gasteiger partial charge is 0.382 e. The molecule has 0 aliphatic heterocycles. The molecule has 1 heterocycles. The molecule has 1 aromatic rings. The maximum atomic E-state index is 4.63. The Morgan fingerprint density at radius 2 is 1.88 bits per heavy atom. The summed E-state index contributed by atoms with van der Waals surface area (Å²) in [6.07, 6.45) is 9.43. The molecule has 1 N–H and O–H groups in total. The van der Waals surface area contributed by atoms with Crippen LogP contribution in [0.25, 0.3) is 0 Å². The molecule has 0 radical (unpaired) electrons. The number of nitrogens with one attached hydrogen (secondary N) is 1. The Morgan fingerprint density at radius 1 is 1.12 bits per heavy atom. The van der Waals surface area contributed by atoms with Crippen molar-refractivity contribution in [3.8, 4) is 0 Å². The van der Waals surface area contributed by atoms with Gasteiger partial charge in [-0.1, -0.05) is 40.0 Å². The standard InChI is InChI=1S/C14H27N3/c1-4-7-9-11-17-12-14(13(6-3)16-17)15-10-8-5-2/h12,15H,4-11H2,1-3H3. The Labute approximate surface area is 106 Å². The molecular weight excluding hydrogens is 210 g/mol. The lowest BCUT2D eigenvalue weighted by Crippen LogP contribution is -2.01. The van der Waals surface area contributed by atoms with E-state index in [0.29, 0.717) is 0 Å². The third kappa shape index (κ3) is 4.80. The number of hydrogen-bond donors (Lipinski definition) is 1. The summed E-state index contributed by atoms with van der Waals surface area (Å²) < 4.78 is 2.10. The van der Waals surface area contributed by atoms with Gasteiger partial charge in [0.25, 0.3) is 0 Å². The minimum absolute atomic E-state index is 1.01. The van der Waals surface area contributed by atoms with E-state index in [1.807, 2.05) is 0 Å². The lowest BCUT2D eigenvalue weighted by atomic mass is 10.2. The zero-order valence-corrected chi connectivity index (χ0v) is 11.6. The molecule has 0 saturated carbocycles. The van der Waals surface area contributed by atoms with Crippen LogP contribution in [0.15, 0.2) is 6.20 Å². The molecule has 17 heavy (non-hydrogen) atoms. The van der Waals surface area contributed by atoms with Gasteiger partial charge in [0.2, 0.25) is 0 Å². The van der Waals surface area contributed by atoms with Crippen LogP contribution < -0.4 is 5.32 Å². The third-order valence-electron chi connectivity index (χ3n) is 3.01. The van der Waals surface area contributed by atoms with E-state index in [-0.39, 0.29) is 0 Å². The third-order valence-corrected chi connectivity index (χ3v) is 3.01. The van der Waals surface area contributed by atoms with E-state index >= 15 is 0 Å². The second-order valence-corrected chi connectivity index (χ2v) is 4.59. The van der Waals surface area contributed by atoms with Crippen LogP contribution in [0.5, 0.6) is 0 Å². The maximum absolute atomic E-state index is 4.63. The fourth-order valence-corrected chi connectivity index (χ4v) is 1.91. The number of unbranched alkanes of at least 4 members (excludes halogenated alkanes) is 3. The van der Waals surface area contributed by atoms with Crippen molar-refractivity contribution in [3.05, 3.63) is 11.9 Å². The summed E-state index contributed by atoms with van der Waals surface area (Å²) in [5.74, 6) is 0. The Kier molecular flexibility index (Phi) is 6.75. The van der Waals surface area contributed by atoms with Gasteiger partial charge in [0.1, 0.15) is 0 Å². The normalized spacial score (nSPS) is 10.8. The molecule has 0 unspecified atom stereocenters. The molecule has 0 fully saturated rings. The van der Waals surface area contributed by atoms with Crippen molar-refractivity contribution in [1.82, 2.24) is 9.78 Å². The van der Waals surface area contributed by atoms with Crippen molar-refractivity contribution < 1.29 is 0 Å². The number of hydrogen-bond acceptors (Lipinski definition) is 2. The summed E-state index contributed by atoms with van der Waals surface area (Å²) >= 11 is 0. The molecule has 0 spiro atoms. The number of aromatic nitrogens is 2. The van der Waals surface area contributed by atoms with Gasteiger partial charge in [-0.3, -0.25) is 4.68 Å². The lowest BCUT2D eigenvalue weighted by molar-refractivity contribution is 0.548. The number of anilines is 1. The Hall–Kier alpha value is -0.990. The zero-order chi connectivity index (χ0) is 12.5. The first-order valence-corrected chi connectivity index (χ1v) is 7.12. The van der Waals surface area contributed by atoms with Gasteiger partial charge in [-0.05, 0) is 19.3 Å². The summed E-state index contributed by atoms with van der Waals surface area (Å²) in [7, 11) is 0. The molecule has 0 amide bonds. The van der Waals surface area contributed by atoms with Crippen LogP contribution in [0.4, 0.5) is 5.69 Å². The first kappa shape index (κ1) is 14.1. The average molecular weight is 237 g/mol. The van der Waals surface area contributed by atoms with E-state index in [0.717, 1.165) is 19.5 Å². The average Bonchev–Trinajstić information content (AvgIpc) is 2.72. The fraction of sp³-hybridized carbons (Fsp3) is 0.786. The van der Waals surface area contributed by atoms with Crippen molar-refractivity contribution >= 4 is 5.69 Å². The van der Waals surface area contributed by atoms with E-state index in [2.05, 4.69) is 42.1 Å². The maximum Gasteiger partial charge on any atom is 0.0853 e. The van der Waals surface area contributed by atoms with Gasteiger partial charge in [0.05, 0.1) is 11.4 Å². The molecule has 0 aromatic carbocycles. The molecule has 1 rings (SSSR count). The molecule has 0 aliphatic carbocycles. The highest BCUT2D eigenvalue weighted by molar-refractivity contribution is 5.46. The van der Waals surface area contributed by atoms with Crippen molar-refractivity contribution in [2.24, 2.45) is 0 Å². The van der Waals surface area contributed by atoms with Gasteiger partial charge >= 0.3 is 0 Å². The van der Waals surface area contributed by atoms with E-state index in [1.165, 1.54) is 43.5 Å². The van der Waals surface area contributed by atoms with Crippen molar-refractivity contribution in [1.29, 1.82) is 0 Å². The minimum atomic E-state index is 1.01. The second-order valence-electron chi connectivity index (χ2n) is 4.59. The lowest BCUT2D eigenvalue weighted by Gasteiger charge is -2.03. The molecule has 1 aromatic heterocycles. The van der Waals surface area contributed by atoms with Crippen LogP contribution >= 0.6 is 0 Å². The summed E-state index contributed by atoms with van der Waals surface area (Å²) in [4.78, 5) is 0. The molecule has 3 heteroatoms. The molecule has 3 nitrogen and oxygen atoms in total. The van der Waals surface area contributed by atoms with Crippen LogP contribution in [-0.4, -0.2) is 16.3 Å². The smallest absolute Gasteiger partial charge is 0.0853 e. The predicted octanol–water partition coefficient (Wildman–Crippen LogP) is 3.85. The minimum Gasteiger partial charge on any atom is -0.382 e. The van der Waals surface area contributed by atoms with E-state index in [1.54, 1.807) is 0 Å². The number of rotatable bonds is 9. The van der Waals surface area contributed by atoms with Gasteiger partial charge in [-0.15, -0.1) is 0 Å². The molecule has 0 atom stereocenters. The Bertz CT molecular complexity index is 304. The SMILES string of the molecule is CCCCCn1cc(NCCCC)c(CC)n1. The quantitative estimate of drug-likeness (QED) is 0.661. The van der Waals surface area contributed by atoms with Crippen LogP contribution in [0.2, 0.25) is 0 Å². The van der Waals surface area contributed by atoms with Gasteiger partial charge in [-0.2, -0.15) is 5.10 Å². The van der Waals surface area contributed by atoms with E-state index in [9.17, 15) is 0 Å². The second kappa shape index (κ2) is 8.15. The van der Waals surface area contributed by atoms with Gasteiger partial charge < -0.3 is 5.32 Å². The Morgan fingerprint density at radius 3 is 2.53 bits per heavy atom. The summed E-state index contributed by atoms with van der Waals surface area (Å²) in [5, 5.41) is 8.13. The molecular formula is C14H27N3. The van der Waals surface area contributed by atoms with Crippen LogP contribution in [-0.2, 0) is 13.0 Å². The highest BCUT2D eigenvalue weighted by atomic mass is 15.3. The summed E-state index contributed by atoms with van der Waals surface area (Å²) in [6, 6.07) is 0. The fourth-order valence-electron chi connectivity index (χ4n) is 1.91. The topological polar surface area (TPSA) is 29.9 Å². The zero-order valence-electron chi connectivity index (χ0n) is 11.6. The molecule has 0 saturated heterocycles. The van der Waals surface area contributed by atoms with Crippen molar-refractivity contribution in [2.75, 3.05) is 11.9 Å². The summed E-state index contributed by atoms with van der Waals surface area (Å²) in [5.41, 5.74) is 2.44. The number of nitrogens with zero attached hydrogens (tertiary/aromatic N) is 2. The van der Waals surface area contributed by atoms with Crippen molar-refractivity contribution in [2.45, 2.75) is 65.8 Å². The van der Waals surface area contributed by atoms with Crippen LogP contribution in [0, 0.1) is 0 Å². The van der Waals surface area contributed by atoms with Gasteiger partial charge in [0, 0.05) is 19.3 Å². The van der Waals surface area contributed by atoms with Crippen LogP contribution in [0.1, 0.15) is 58.6 Å². The number of aryl methyl sites for hydroxylation is 2. The predicted molar refractivity (Wildman–Crippen MR) is 74.5 cm³/mol. The van der Waals surface area contributed by atoms with Gasteiger partial charge in [0.15, 0.2) is 0 Å². The van der Waals surface area contributed by atoms with Crippen LogP contribution in [0.3, 0.4) is 0 Å². The molecule has 0 bridgehead atoms. The van der Waals surface area contributed by atoms with E-state index < -0.39 is 0 Å². The van der Waals surface area contributed by atoms with Crippen molar-refractivity contribution in [3.63, 3.8) is 0 Å². The first-order chi connectivity index (χ1) is 8.31. The van der Waals surface area contributed by atoms with Gasteiger partial charge in [-0.25, -0.2) is 0 Å².